The topological polar surface area (TPSA) is 28.2 Å². The first-order valence-corrected chi connectivity index (χ1v) is 8.43. The molecule has 4 heteroatoms. The summed E-state index contributed by atoms with van der Waals surface area (Å²) in [6, 6.07) is 0.469. The van der Waals surface area contributed by atoms with Crippen LogP contribution in [0.5, 0.6) is 0 Å². The van der Waals surface area contributed by atoms with E-state index >= 15 is 0 Å². The van der Waals surface area contributed by atoms with Crippen molar-refractivity contribution in [2.75, 3.05) is 25.0 Å². The Bertz CT molecular complexity index is 402. The highest BCUT2D eigenvalue weighted by molar-refractivity contribution is 7.15. The Balaban J connectivity index is 2.18. The highest BCUT2D eigenvalue weighted by atomic mass is 32.1. The van der Waals surface area contributed by atoms with E-state index < -0.39 is 0 Å². The van der Waals surface area contributed by atoms with Gasteiger partial charge in [-0.3, -0.25) is 0 Å². The maximum Gasteiger partial charge on any atom is 0.185 e. The minimum atomic E-state index is 0.469. The molecule has 2 rings (SSSR count). The monoisotopic (exact) mass is 281 g/mol. The molecule has 3 nitrogen and oxygen atoms in total. The molecule has 0 radical (unpaired) electrons. The predicted octanol–water partition coefficient (Wildman–Crippen LogP) is 3.61. The van der Waals surface area contributed by atoms with Crippen LogP contribution in [0.1, 0.15) is 56.6 Å². The third kappa shape index (κ3) is 3.29. The van der Waals surface area contributed by atoms with Crippen molar-refractivity contribution < 1.29 is 0 Å². The van der Waals surface area contributed by atoms with Crippen molar-refractivity contribution in [3.05, 3.63) is 10.6 Å². The van der Waals surface area contributed by atoms with E-state index in [9.17, 15) is 0 Å². The number of anilines is 1. The van der Waals surface area contributed by atoms with E-state index in [4.69, 9.17) is 4.98 Å². The molecule has 0 aliphatic heterocycles. The number of hydrogen-bond acceptors (Lipinski definition) is 4. The summed E-state index contributed by atoms with van der Waals surface area (Å²) in [4.78, 5) is 8.89. The van der Waals surface area contributed by atoms with Crippen LogP contribution in [0.2, 0.25) is 0 Å². The van der Waals surface area contributed by atoms with Gasteiger partial charge in [0.05, 0.1) is 11.7 Å². The number of thiazole rings is 1. The molecule has 1 heterocycles. The molecule has 0 spiro atoms. The Morgan fingerprint density at radius 3 is 2.89 bits per heavy atom. The molecule has 1 N–H and O–H groups in total. The summed E-state index contributed by atoms with van der Waals surface area (Å²) in [5, 5.41) is 4.64. The number of rotatable bonds is 6. The van der Waals surface area contributed by atoms with Gasteiger partial charge in [0, 0.05) is 18.0 Å². The smallest absolute Gasteiger partial charge is 0.185 e. The summed E-state index contributed by atoms with van der Waals surface area (Å²) in [6.07, 6.45) is 4.97. The summed E-state index contributed by atoms with van der Waals surface area (Å²) in [5.74, 6) is 0.737. The van der Waals surface area contributed by atoms with Gasteiger partial charge in [0.1, 0.15) is 0 Å². The van der Waals surface area contributed by atoms with E-state index in [2.05, 4.69) is 38.0 Å². The average molecular weight is 281 g/mol. The fourth-order valence-corrected chi connectivity index (χ4v) is 3.91. The first kappa shape index (κ1) is 14.8. The van der Waals surface area contributed by atoms with Gasteiger partial charge < -0.3 is 10.2 Å². The highest BCUT2D eigenvalue weighted by Crippen LogP contribution is 2.36. The number of fused-ring (bicyclic) bond motifs is 1. The number of aromatic nitrogens is 1. The summed E-state index contributed by atoms with van der Waals surface area (Å²) < 4.78 is 0. The van der Waals surface area contributed by atoms with Gasteiger partial charge in [-0.15, -0.1) is 11.3 Å². The van der Waals surface area contributed by atoms with Gasteiger partial charge in [0.2, 0.25) is 0 Å². The second-order valence-corrected chi connectivity index (χ2v) is 6.65. The summed E-state index contributed by atoms with van der Waals surface area (Å²) in [6.45, 7) is 9.01. The SMILES string of the molecule is CCC(C)CN(CC)c1nc2c(s1)CCCC2NC. The van der Waals surface area contributed by atoms with Crippen LogP contribution < -0.4 is 10.2 Å². The quantitative estimate of drug-likeness (QED) is 0.863. The van der Waals surface area contributed by atoms with Crippen molar-refractivity contribution in [1.82, 2.24) is 10.3 Å². The number of hydrogen-bond donors (Lipinski definition) is 1. The van der Waals surface area contributed by atoms with Crippen molar-refractivity contribution in [2.45, 2.75) is 52.5 Å². The molecule has 2 unspecified atom stereocenters. The lowest BCUT2D eigenvalue weighted by atomic mass is 9.98. The van der Waals surface area contributed by atoms with Crippen LogP contribution in [0.4, 0.5) is 5.13 Å². The first-order chi connectivity index (χ1) is 9.19. The zero-order chi connectivity index (χ0) is 13.8. The van der Waals surface area contributed by atoms with E-state index in [1.165, 1.54) is 41.4 Å². The van der Waals surface area contributed by atoms with Crippen LogP contribution in [0.3, 0.4) is 0 Å². The fraction of sp³-hybridized carbons (Fsp3) is 0.800. The molecule has 0 amide bonds. The molecule has 2 atom stereocenters. The van der Waals surface area contributed by atoms with Gasteiger partial charge in [-0.25, -0.2) is 4.98 Å². The molecule has 0 fully saturated rings. The van der Waals surface area contributed by atoms with E-state index in [1.54, 1.807) is 0 Å². The standard InChI is InChI=1S/C15H27N3S/c1-5-11(3)10-18(6-2)15-17-14-12(16-4)8-7-9-13(14)19-15/h11-12,16H,5-10H2,1-4H3. The van der Waals surface area contributed by atoms with E-state index in [0.29, 0.717) is 6.04 Å². The lowest BCUT2D eigenvalue weighted by molar-refractivity contribution is 0.489. The Morgan fingerprint density at radius 1 is 1.47 bits per heavy atom. The third-order valence-electron chi connectivity index (χ3n) is 4.17. The number of nitrogens with zero attached hydrogens (tertiary/aromatic N) is 2. The maximum absolute atomic E-state index is 4.94. The second-order valence-electron chi connectivity index (χ2n) is 5.59. The molecule has 19 heavy (non-hydrogen) atoms. The first-order valence-electron chi connectivity index (χ1n) is 7.61. The highest BCUT2D eigenvalue weighted by Gasteiger charge is 2.25. The van der Waals surface area contributed by atoms with Crippen LogP contribution in [-0.2, 0) is 6.42 Å². The van der Waals surface area contributed by atoms with Crippen molar-refractivity contribution in [2.24, 2.45) is 5.92 Å². The third-order valence-corrected chi connectivity index (χ3v) is 5.36. The summed E-state index contributed by atoms with van der Waals surface area (Å²) >= 11 is 1.91. The van der Waals surface area contributed by atoms with Gasteiger partial charge in [0.25, 0.3) is 0 Å². The van der Waals surface area contributed by atoms with Crippen molar-refractivity contribution >= 4 is 16.5 Å². The molecule has 0 saturated carbocycles. The fourth-order valence-electron chi connectivity index (χ4n) is 2.67. The van der Waals surface area contributed by atoms with Crippen molar-refractivity contribution in [1.29, 1.82) is 0 Å². The summed E-state index contributed by atoms with van der Waals surface area (Å²) in [7, 11) is 2.05. The molecule has 0 aromatic carbocycles. The van der Waals surface area contributed by atoms with E-state index in [1.807, 2.05) is 11.3 Å². The normalized spacial score (nSPS) is 20.1. The van der Waals surface area contributed by atoms with Gasteiger partial charge in [-0.1, -0.05) is 20.3 Å². The van der Waals surface area contributed by atoms with Crippen LogP contribution in [0, 0.1) is 5.92 Å². The Hall–Kier alpha value is -0.610. The molecule has 0 bridgehead atoms. The lowest BCUT2D eigenvalue weighted by Gasteiger charge is -2.23. The Kier molecular flexibility index (Phi) is 5.22. The van der Waals surface area contributed by atoms with E-state index in [-0.39, 0.29) is 0 Å². The minimum Gasteiger partial charge on any atom is -0.348 e. The maximum atomic E-state index is 4.94. The summed E-state index contributed by atoms with van der Waals surface area (Å²) in [5.41, 5.74) is 1.32. The molecule has 1 aromatic rings. The zero-order valence-electron chi connectivity index (χ0n) is 12.7. The van der Waals surface area contributed by atoms with Crippen molar-refractivity contribution in [3.8, 4) is 0 Å². The van der Waals surface area contributed by atoms with Gasteiger partial charge >= 0.3 is 0 Å². The lowest BCUT2D eigenvalue weighted by Crippen LogP contribution is -2.28. The second kappa shape index (κ2) is 6.71. The van der Waals surface area contributed by atoms with Gasteiger partial charge in [-0.2, -0.15) is 0 Å². The van der Waals surface area contributed by atoms with Crippen LogP contribution in [0.25, 0.3) is 0 Å². The number of nitrogens with one attached hydrogen (secondary N) is 1. The Morgan fingerprint density at radius 2 is 2.26 bits per heavy atom. The Labute approximate surface area is 121 Å². The van der Waals surface area contributed by atoms with Gasteiger partial charge in [0.15, 0.2) is 5.13 Å². The number of aryl methyl sites for hydroxylation is 1. The van der Waals surface area contributed by atoms with Crippen LogP contribution in [0.15, 0.2) is 0 Å². The molecule has 108 valence electrons. The largest absolute Gasteiger partial charge is 0.348 e. The molecule has 1 aliphatic carbocycles. The zero-order valence-corrected chi connectivity index (χ0v) is 13.5. The minimum absolute atomic E-state index is 0.469. The predicted molar refractivity (Wildman–Crippen MR) is 84.2 cm³/mol. The van der Waals surface area contributed by atoms with E-state index in [0.717, 1.165) is 19.0 Å². The van der Waals surface area contributed by atoms with Gasteiger partial charge in [-0.05, 0) is 39.2 Å². The molecular formula is C15H27N3S. The molecule has 1 aliphatic rings. The van der Waals surface area contributed by atoms with Crippen LogP contribution in [-0.4, -0.2) is 25.1 Å². The molecular weight excluding hydrogens is 254 g/mol. The van der Waals surface area contributed by atoms with Crippen molar-refractivity contribution in [3.63, 3.8) is 0 Å². The molecule has 0 saturated heterocycles. The molecule has 1 aromatic heterocycles. The van der Waals surface area contributed by atoms with Crippen LogP contribution >= 0.6 is 11.3 Å². The average Bonchev–Trinajstić information content (AvgIpc) is 2.87.